The number of nitrogens with one attached hydrogen (secondary N) is 2. The molecule has 4 fully saturated rings. The number of rotatable bonds is 6. The third-order valence-electron chi connectivity index (χ3n) is 8.51. The largest absolute Gasteiger partial charge is 0.388 e. The van der Waals surface area contributed by atoms with E-state index in [4.69, 9.17) is 21.1 Å². The van der Waals surface area contributed by atoms with Crippen molar-refractivity contribution < 1.29 is 29.6 Å². The lowest BCUT2D eigenvalue weighted by molar-refractivity contribution is -0.205. The van der Waals surface area contributed by atoms with Crippen molar-refractivity contribution in [3.8, 4) is 0 Å². The standard InChI is InChI=1S/C24H42ClN3O6S/c1-12(25)16(22-19(30)18(29)20(31)24(34-22)35-3)27-23(32)17-21-15(11-26-17)10-14(6-9-33-21)13-4-7-28(2)8-5-13/h12-22,24,26,29-31H,4-11H2,1-3H3,(H,27,32)/t12-,14?,15-,16+,17-,18?,19?,20?,21+,22?,24?/m0/s1. The molecule has 35 heavy (non-hydrogen) atoms. The molecule has 5 N–H and O–H groups in total. The van der Waals surface area contributed by atoms with Crippen LogP contribution in [0, 0.1) is 17.8 Å². The minimum Gasteiger partial charge on any atom is -0.388 e. The third-order valence-corrected chi connectivity index (χ3v) is 9.63. The number of carbonyl (C=O) groups excluding carboxylic acids is 1. The molecule has 0 aliphatic carbocycles. The summed E-state index contributed by atoms with van der Waals surface area (Å²) in [5.74, 6) is 1.38. The lowest BCUT2D eigenvalue weighted by atomic mass is 9.77. The molecular formula is C24H42ClN3O6S. The first-order valence-electron chi connectivity index (χ1n) is 12.9. The average molecular weight is 536 g/mol. The van der Waals surface area contributed by atoms with Gasteiger partial charge in [0.2, 0.25) is 5.91 Å². The molecule has 11 heteroatoms. The van der Waals surface area contributed by atoms with E-state index < -0.39 is 47.3 Å². The lowest BCUT2D eigenvalue weighted by Crippen LogP contribution is -2.65. The third kappa shape index (κ3) is 6.12. The zero-order chi connectivity index (χ0) is 25.3. The van der Waals surface area contributed by atoms with E-state index in [1.165, 1.54) is 24.6 Å². The van der Waals surface area contributed by atoms with Crippen LogP contribution in [-0.4, -0.2) is 119 Å². The summed E-state index contributed by atoms with van der Waals surface area (Å²) < 4.78 is 12.1. The number of fused-ring (bicyclic) bond motifs is 1. The number of halogens is 1. The van der Waals surface area contributed by atoms with Gasteiger partial charge in [-0.2, -0.15) is 0 Å². The van der Waals surface area contributed by atoms with Crippen LogP contribution in [0.2, 0.25) is 0 Å². The number of carbonyl (C=O) groups is 1. The van der Waals surface area contributed by atoms with E-state index >= 15 is 0 Å². The Balaban J connectivity index is 1.40. The van der Waals surface area contributed by atoms with Crippen LogP contribution in [0.25, 0.3) is 0 Å². The van der Waals surface area contributed by atoms with E-state index in [-0.39, 0.29) is 17.9 Å². The number of hydrogen-bond acceptors (Lipinski definition) is 9. The maximum atomic E-state index is 13.4. The maximum Gasteiger partial charge on any atom is 0.240 e. The van der Waals surface area contributed by atoms with Crippen LogP contribution in [0.15, 0.2) is 0 Å². The SMILES string of the molecule is CSC1OC([C@H](NC(=O)[C@H]2NC[C@@H]3CC(C4CCN(C)CC4)CCO[C@H]32)[C@H](C)Cl)C(O)C(O)C1O. The summed E-state index contributed by atoms with van der Waals surface area (Å²) in [5, 5.41) is 36.9. The van der Waals surface area contributed by atoms with Crippen LogP contribution < -0.4 is 10.6 Å². The van der Waals surface area contributed by atoms with E-state index in [1.54, 1.807) is 13.2 Å². The van der Waals surface area contributed by atoms with Crippen LogP contribution in [-0.2, 0) is 14.3 Å². The first kappa shape index (κ1) is 27.9. The van der Waals surface area contributed by atoms with Gasteiger partial charge in [-0.3, -0.25) is 4.79 Å². The monoisotopic (exact) mass is 535 g/mol. The Morgan fingerprint density at radius 3 is 2.49 bits per heavy atom. The number of aliphatic hydroxyl groups is 3. The van der Waals surface area contributed by atoms with Gasteiger partial charge >= 0.3 is 0 Å². The molecule has 0 radical (unpaired) electrons. The minimum absolute atomic E-state index is 0.207. The van der Waals surface area contributed by atoms with Gasteiger partial charge in [0.15, 0.2) is 0 Å². The predicted octanol–water partition coefficient (Wildman–Crippen LogP) is -0.00590. The van der Waals surface area contributed by atoms with E-state index in [0.29, 0.717) is 12.5 Å². The van der Waals surface area contributed by atoms with Crippen molar-refractivity contribution in [2.75, 3.05) is 39.5 Å². The van der Waals surface area contributed by atoms with E-state index in [9.17, 15) is 20.1 Å². The number of hydrogen-bond donors (Lipinski definition) is 5. The van der Waals surface area contributed by atoms with Crippen LogP contribution in [0.5, 0.6) is 0 Å². The van der Waals surface area contributed by atoms with Crippen molar-refractivity contribution in [2.45, 2.75) is 86.0 Å². The minimum atomic E-state index is -1.39. The van der Waals surface area contributed by atoms with Gasteiger partial charge in [0.05, 0.1) is 17.5 Å². The quantitative estimate of drug-likeness (QED) is 0.299. The fraction of sp³-hybridized carbons (Fsp3) is 0.958. The number of thioether (sulfide) groups is 1. The second-order valence-corrected chi connectivity index (χ2v) is 12.4. The van der Waals surface area contributed by atoms with Crippen molar-refractivity contribution in [2.24, 2.45) is 17.8 Å². The first-order valence-corrected chi connectivity index (χ1v) is 14.6. The second kappa shape index (κ2) is 12.1. The Morgan fingerprint density at radius 2 is 1.83 bits per heavy atom. The number of likely N-dealkylation sites (tertiary alicyclic amines) is 1. The van der Waals surface area contributed by atoms with Gasteiger partial charge in [0.1, 0.15) is 35.9 Å². The highest BCUT2D eigenvalue weighted by atomic mass is 35.5. The molecule has 4 heterocycles. The first-order chi connectivity index (χ1) is 16.7. The molecule has 4 rings (SSSR count). The van der Waals surface area contributed by atoms with Crippen molar-refractivity contribution in [1.82, 2.24) is 15.5 Å². The molecule has 11 atom stereocenters. The molecule has 0 aromatic heterocycles. The van der Waals surface area contributed by atoms with Crippen molar-refractivity contribution in [3.05, 3.63) is 0 Å². The number of alkyl halides is 1. The molecule has 4 aliphatic rings. The fourth-order valence-corrected chi connectivity index (χ4v) is 7.23. The molecule has 0 spiro atoms. The molecule has 9 nitrogen and oxygen atoms in total. The Hall–Kier alpha value is -0.170. The average Bonchev–Trinajstić information content (AvgIpc) is 3.12. The highest BCUT2D eigenvalue weighted by Crippen LogP contribution is 2.38. The maximum absolute atomic E-state index is 13.4. The number of nitrogens with zero attached hydrogens (tertiary/aromatic N) is 1. The summed E-state index contributed by atoms with van der Waals surface area (Å²) in [4.78, 5) is 15.8. The van der Waals surface area contributed by atoms with Gasteiger partial charge in [-0.25, -0.2) is 0 Å². The smallest absolute Gasteiger partial charge is 0.240 e. The normalized spacial score (nSPS) is 43.2. The Morgan fingerprint density at radius 1 is 1.11 bits per heavy atom. The summed E-state index contributed by atoms with van der Waals surface area (Å²) in [6.45, 7) is 5.40. The van der Waals surface area contributed by atoms with Crippen molar-refractivity contribution >= 4 is 29.3 Å². The number of amides is 1. The Kier molecular flexibility index (Phi) is 9.65. The van der Waals surface area contributed by atoms with Gasteiger partial charge in [0.25, 0.3) is 0 Å². The summed E-state index contributed by atoms with van der Waals surface area (Å²) in [6, 6.07) is -1.27. The van der Waals surface area contributed by atoms with Gasteiger partial charge in [0, 0.05) is 13.2 Å². The van der Waals surface area contributed by atoms with Gasteiger partial charge < -0.3 is 40.3 Å². The summed E-state index contributed by atoms with van der Waals surface area (Å²) >= 11 is 7.67. The highest BCUT2D eigenvalue weighted by Gasteiger charge is 2.49. The zero-order valence-electron chi connectivity index (χ0n) is 20.9. The molecular weight excluding hydrogens is 494 g/mol. The number of piperidine rings is 1. The number of ether oxygens (including phenoxy) is 2. The fourth-order valence-electron chi connectivity index (χ4n) is 6.34. The molecule has 0 aromatic carbocycles. The second-order valence-electron chi connectivity index (χ2n) is 10.8. The molecule has 0 aromatic rings. The van der Waals surface area contributed by atoms with Crippen LogP contribution >= 0.6 is 23.4 Å². The van der Waals surface area contributed by atoms with Crippen LogP contribution in [0.3, 0.4) is 0 Å². The summed E-state index contributed by atoms with van der Waals surface area (Å²) in [7, 11) is 2.18. The number of aliphatic hydroxyl groups excluding tert-OH is 3. The summed E-state index contributed by atoms with van der Waals surface area (Å²) in [5.41, 5.74) is -0.732. The highest BCUT2D eigenvalue weighted by molar-refractivity contribution is 7.99. The van der Waals surface area contributed by atoms with Crippen molar-refractivity contribution in [3.63, 3.8) is 0 Å². The molecule has 1 amide bonds. The molecule has 6 unspecified atom stereocenters. The van der Waals surface area contributed by atoms with Crippen molar-refractivity contribution in [1.29, 1.82) is 0 Å². The molecule has 0 saturated carbocycles. The van der Waals surface area contributed by atoms with Gasteiger partial charge in [-0.05, 0) is 76.8 Å². The Labute approximate surface area is 217 Å². The topological polar surface area (TPSA) is 124 Å². The molecule has 4 aliphatic heterocycles. The Bertz CT molecular complexity index is 713. The van der Waals surface area contributed by atoms with Crippen LogP contribution in [0.4, 0.5) is 0 Å². The summed E-state index contributed by atoms with van der Waals surface area (Å²) in [6.07, 6.45) is 1.14. The predicted molar refractivity (Wildman–Crippen MR) is 135 cm³/mol. The van der Waals surface area contributed by atoms with Crippen LogP contribution in [0.1, 0.15) is 32.6 Å². The molecule has 202 valence electrons. The van der Waals surface area contributed by atoms with Gasteiger partial charge in [-0.15, -0.1) is 23.4 Å². The van der Waals surface area contributed by atoms with E-state index in [0.717, 1.165) is 38.4 Å². The van der Waals surface area contributed by atoms with E-state index in [1.807, 2.05) is 0 Å². The molecule has 0 bridgehead atoms. The zero-order valence-corrected chi connectivity index (χ0v) is 22.5. The molecule has 4 saturated heterocycles. The van der Waals surface area contributed by atoms with E-state index in [2.05, 4.69) is 22.6 Å². The lowest BCUT2D eigenvalue weighted by Gasteiger charge is -2.44. The van der Waals surface area contributed by atoms with Gasteiger partial charge in [-0.1, -0.05) is 0 Å².